The van der Waals surface area contributed by atoms with Crippen molar-refractivity contribution in [3.05, 3.63) is 35.4 Å². The van der Waals surface area contributed by atoms with Crippen LogP contribution in [-0.4, -0.2) is 29.3 Å². The van der Waals surface area contributed by atoms with Gasteiger partial charge >= 0.3 is 5.97 Å². The van der Waals surface area contributed by atoms with Gasteiger partial charge in [-0.1, -0.05) is 17.7 Å². The first-order valence-corrected chi connectivity index (χ1v) is 6.07. The maximum atomic E-state index is 11.7. The first-order chi connectivity index (χ1) is 8.99. The van der Waals surface area contributed by atoms with Gasteiger partial charge in [-0.05, 0) is 25.5 Å². The zero-order valence-electron chi connectivity index (χ0n) is 10.8. The van der Waals surface area contributed by atoms with Crippen molar-refractivity contribution in [1.82, 2.24) is 5.32 Å². The van der Waals surface area contributed by atoms with E-state index in [4.69, 9.17) is 5.11 Å². The summed E-state index contributed by atoms with van der Waals surface area (Å²) < 4.78 is 0. The van der Waals surface area contributed by atoms with E-state index in [2.05, 4.69) is 5.32 Å². The van der Waals surface area contributed by atoms with E-state index in [1.54, 1.807) is 12.1 Å². The Kier molecular flexibility index (Phi) is 5.73. The van der Waals surface area contributed by atoms with Crippen molar-refractivity contribution >= 4 is 17.7 Å². The lowest BCUT2D eigenvalue weighted by Crippen LogP contribution is -2.29. The lowest BCUT2D eigenvalue weighted by molar-refractivity contribution is -0.137. The maximum absolute atomic E-state index is 11.7. The molecule has 0 aliphatic carbocycles. The van der Waals surface area contributed by atoms with Crippen LogP contribution in [0, 0.1) is 6.92 Å². The normalized spacial score (nSPS) is 9.95. The number of Topliss-reactive ketones (excluding diaryl/α,β-unsaturated/α-hetero) is 1. The molecule has 0 radical (unpaired) electrons. The van der Waals surface area contributed by atoms with Crippen molar-refractivity contribution in [2.45, 2.75) is 26.2 Å². The number of carbonyl (C=O) groups is 3. The quantitative estimate of drug-likeness (QED) is 0.781. The monoisotopic (exact) mass is 263 g/mol. The van der Waals surface area contributed by atoms with E-state index in [0.29, 0.717) is 12.0 Å². The van der Waals surface area contributed by atoms with Crippen LogP contribution >= 0.6 is 0 Å². The standard InChI is InChI=1S/C14H17NO4/c1-10-5-7-11(8-6-10)14(19)15-9-12(16)3-2-4-13(17)18/h5-8H,2-4,9H2,1H3,(H,15,19)(H,17,18). The van der Waals surface area contributed by atoms with Crippen molar-refractivity contribution in [3.63, 3.8) is 0 Å². The van der Waals surface area contributed by atoms with Gasteiger partial charge in [0.1, 0.15) is 0 Å². The Morgan fingerprint density at radius 3 is 2.32 bits per heavy atom. The molecular formula is C14H17NO4. The van der Waals surface area contributed by atoms with E-state index in [0.717, 1.165) is 5.56 Å². The summed E-state index contributed by atoms with van der Waals surface area (Å²) in [5, 5.41) is 11.0. The minimum atomic E-state index is -0.920. The third-order valence-electron chi connectivity index (χ3n) is 2.61. The number of carboxylic acid groups (broad SMARTS) is 1. The lowest BCUT2D eigenvalue weighted by atomic mass is 10.1. The minimum absolute atomic E-state index is 0.0301. The fraction of sp³-hybridized carbons (Fsp3) is 0.357. The predicted molar refractivity (Wildman–Crippen MR) is 70.0 cm³/mol. The molecule has 0 spiro atoms. The molecule has 0 bridgehead atoms. The fourth-order valence-corrected chi connectivity index (χ4v) is 1.51. The number of rotatable bonds is 7. The van der Waals surface area contributed by atoms with Gasteiger partial charge in [0, 0.05) is 18.4 Å². The number of hydrogen-bond donors (Lipinski definition) is 2. The van der Waals surface area contributed by atoms with Gasteiger partial charge in [-0.2, -0.15) is 0 Å². The molecular weight excluding hydrogens is 246 g/mol. The Morgan fingerprint density at radius 2 is 1.74 bits per heavy atom. The molecule has 0 aliphatic rings. The molecule has 5 nitrogen and oxygen atoms in total. The third kappa shape index (κ3) is 5.81. The summed E-state index contributed by atoms with van der Waals surface area (Å²) >= 11 is 0. The number of hydrogen-bond acceptors (Lipinski definition) is 3. The van der Waals surface area contributed by atoms with Crippen LogP contribution in [0.2, 0.25) is 0 Å². The van der Waals surface area contributed by atoms with Crippen LogP contribution in [-0.2, 0) is 9.59 Å². The van der Waals surface area contributed by atoms with Gasteiger partial charge in [0.05, 0.1) is 6.54 Å². The molecule has 0 heterocycles. The molecule has 0 aliphatic heterocycles. The Morgan fingerprint density at radius 1 is 1.11 bits per heavy atom. The van der Waals surface area contributed by atoms with Gasteiger partial charge in [0.15, 0.2) is 5.78 Å². The molecule has 5 heteroatoms. The molecule has 2 N–H and O–H groups in total. The second-order valence-corrected chi connectivity index (χ2v) is 4.33. The molecule has 1 aromatic carbocycles. The van der Waals surface area contributed by atoms with E-state index in [9.17, 15) is 14.4 Å². The van der Waals surface area contributed by atoms with Gasteiger partial charge in [0.25, 0.3) is 5.91 Å². The topological polar surface area (TPSA) is 83.5 Å². The number of benzene rings is 1. The summed E-state index contributed by atoms with van der Waals surface area (Å²) in [6, 6.07) is 7.03. The van der Waals surface area contributed by atoms with Crippen molar-refractivity contribution < 1.29 is 19.5 Å². The fourth-order valence-electron chi connectivity index (χ4n) is 1.51. The first kappa shape index (κ1) is 14.9. The molecule has 0 saturated heterocycles. The van der Waals surface area contributed by atoms with E-state index in [1.807, 2.05) is 19.1 Å². The largest absolute Gasteiger partial charge is 0.481 e. The molecule has 19 heavy (non-hydrogen) atoms. The summed E-state index contributed by atoms with van der Waals surface area (Å²) in [6.07, 6.45) is 0.437. The highest BCUT2D eigenvalue weighted by atomic mass is 16.4. The smallest absolute Gasteiger partial charge is 0.303 e. The van der Waals surface area contributed by atoms with Gasteiger partial charge in [-0.25, -0.2) is 0 Å². The van der Waals surface area contributed by atoms with E-state index in [-0.39, 0.29) is 31.1 Å². The van der Waals surface area contributed by atoms with Crippen molar-refractivity contribution in [1.29, 1.82) is 0 Å². The minimum Gasteiger partial charge on any atom is -0.481 e. The molecule has 0 atom stereocenters. The van der Waals surface area contributed by atoms with Gasteiger partial charge in [-0.3, -0.25) is 14.4 Å². The highest BCUT2D eigenvalue weighted by Crippen LogP contribution is 2.03. The highest BCUT2D eigenvalue weighted by molar-refractivity contribution is 5.96. The Labute approximate surface area is 111 Å². The Balaban J connectivity index is 2.31. The number of aryl methyl sites for hydroxylation is 1. The Bertz CT molecular complexity index is 465. The molecule has 0 aromatic heterocycles. The van der Waals surface area contributed by atoms with E-state index < -0.39 is 5.97 Å². The van der Waals surface area contributed by atoms with Crippen molar-refractivity contribution in [3.8, 4) is 0 Å². The van der Waals surface area contributed by atoms with Gasteiger partial charge in [0.2, 0.25) is 0 Å². The van der Waals surface area contributed by atoms with Crippen LogP contribution in [0.15, 0.2) is 24.3 Å². The van der Waals surface area contributed by atoms with E-state index >= 15 is 0 Å². The second kappa shape index (κ2) is 7.31. The van der Waals surface area contributed by atoms with Crippen LogP contribution in [0.5, 0.6) is 0 Å². The maximum Gasteiger partial charge on any atom is 0.303 e. The van der Waals surface area contributed by atoms with Crippen LogP contribution < -0.4 is 5.32 Å². The van der Waals surface area contributed by atoms with Crippen LogP contribution in [0.4, 0.5) is 0 Å². The first-order valence-electron chi connectivity index (χ1n) is 6.07. The van der Waals surface area contributed by atoms with Crippen molar-refractivity contribution in [2.75, 3.05) is 6.54 Å². The number of ketones is 1. The molecule has 1 amide bonds. The number of carboxylic acids is 1. The molecule has 102 valence electrons. The van der Waals surface area contributed by atoms with E-state index in [1.165, 1.54) is 0 Å². The SMILES string of the molecule is Cc1ccc(C(=O)NCC(=O)CCCC(=O)O)cc1. The predicted octanol–water partition coefficient (Wildman–Crippen LogP) is 1.55. The Hall–Kier alpha value is -2.17. The zero-order valence-corrected chi connectivity index (χ0v) is 10.8. The number of amides is 1. The lowest BCUT2D eigenvalue weighted by Gasteiger charge is -2.04. The van der Waals surface area contributed by atoms with Gasteiger partial charge < -0.3 is 10.4 Å². The molecule has 0 unspecified atom stereocenters. The number of aliphatic carboxylic acids is 1. The number of carbonyl (C=O) groups excluding carboxylic acids is 2. The molecule has 0 fully saturated rings. The summed E-state index contributed by atoms with van der Waals surface area (Å²) in [6.45, 7) is 1.86. The summed E-state index contributed by atoms with van der Waals surface area (Å²) in [5.41, 5.74) is 1.56. The zero-order chi connectivity index (χ0) is 14.3. The molecule has 0 saturated carbocycles. The molecule has 1 rings (SSSR count). The average molecular weight is 263 g/mol. The second-order valence-electron chi connectivity index (χ2n) is 4.33. The van der Waals surface area contributed by atoms with Crippen LogP contribution in [0.25, 0.3) is 0 Å². The summed E-state index contributed by atoms with van der Waals surface area (Å²) in [5.74, 6) is -1.38. The van der Waals surface area contributed by atoms with Crippen molar-refractivity contribution in [2.24, 2.45) is 0 Å². The summed E-state index contributed by atoms with van der Waals surface area (Å²) in [7, 11) is 0. The molecule has 1 aromatic rings. The van der Waals surface area contributed by atoms with Gasteiger partial charge in [-0.15, -0.1) is 0 Å². The average Bonchev–Trinajstić information content (AvgIpc) is 2.36. The highest BCUT2D eigenvalue weighted by Gasteiger charge is 2.08. The summed E-state index contributed by atoms with van der Waals surface area (Å²) in [4.78, 5) is 33.4. The van der Waals surface area contributed by atoms with Crippen LogP contribution in [0.1, 0.15) is 35.2 Å². The van der Waals surface area contributed by atoms with Crippen LogP contribution in [0.3, 0.4) is 0 Å². The third-order valence-corrected chi connectivity index (χ3v) is 2.61. The number of nitrogens with one attached hydrogen (secondary N) is 1.